The van der Waals surface area contributed by atoms with Gasteiger partial charge in [-0.05, 0) is 57.3 Å². The summed E-state index contributed by atoms with van der Waals surface area (Å²) in [5.74, 6) is 1.52. The van der Waals surface area contributed by atoms with E-state index in [-0.39, 0.29) is 38.9 Å². The normalized spacial score (nSPS) is 25.8. The molecular weight excluding hydrogens is 574 g/mol. The van der Waals surface area contributed by atoms with Crippen LogP contribution in [-0.4, -0.2) is 43.9 Å². The molecule has 0 atom stereocenters. The molecule has 0 N–H and O–H groups in total. The van der Waals surface area contributed by atoms with Crippen LogP contribution in [0.25, 0.3) is 5.48 Å². The van der Waals surface area contributed by atoms with Crippen LogP contribution in [0.2, 0.25) is 0 Å². The van der Waals surface area contributed by atoms with Crippen LogP contribution >= 0.6 is 0 Å². The topological polar surface area (TPSA) is 58.9 Å². The molecule has 2 aliphatic carbocycles. The summed E-state index contributed by atoms with van der Waals surface area (Å²) in [5, 5.41) is 0. The molecule has 6 heteroatoms. The van der Waals surface area contributed by atoms with Gasteiger partial charge in [-0.3, -0.25) is 4.79 Å². The first-order valence-corrected chi connectivity index (χ1v) is 13.0. The van der Waals surface area contributed by atoms with Gasteiger partial charge in [0.05, 0.1) is 12.2 Å². The summed E-state index contributed by atoms with van der Waals surface area (Å²) in [7, 11) is 0. The Morgan fingerprint density at radius 1 is 0.812 bits per heavy atom. The van der Waals surface area contributed by atoms with Crippen LogP contribution < -0.4 is 0 Å². The number of Topliss-reactive ketones (excluding diaryl/α,β-unsaturated/α-hetero) is 1. The number of carbonyl (C=O) groups is 1. The summed E-state index contributed by atoms with van der Waals surface area (Å²) in [6.07, 6.45) is 11.2. The van der Waals surface area contributed by atoms with Crippen LogP contribution in [0, 0.1) is 17.8 Å². The Hall–Kier alpha value is 0.198. The van der Waals surface area contributed by atoms with Crippen LogP contribution in [0.5, 0.6) is 0 Å². The van der Waals surface area contributed by atoms with Crippen molar-refractivity contribution in [1.29, 1.82) is 0 Å². The first kappa shape index (κ1) is 32.2. The second-order valence-corrected chi connectivity index (χ2v) is 9.68. The van der Waals surface area contributed by atoms with E-state index < -0.39 is 0 Å². The molecule has 32 heavy (non-hydrogen) atoms. The van der Waals surface area contributed by atoms with Gasteiger partial charge in [0.15, 0.2) is 0 Å². The van der Waals surface area contributed by atoms with Gasteiger partial charge >= 0.3 is 0 Å². The molecule has 0 heterocycles. The first-order chi connectivity index (χ1) is 15.0. The molecule has 2 aliphatic rings. The Morgan fingerprint density at radius 2 is 1.34 bits per heavy atom. The fourth-order valence-corrected chi connectivity index (χ4v) is 4.30. The van der Waals surface area contributed by atoms with Crippen molar-refractivity contribution in [3.63, 3.8) is 0 Å². The molecule has 0 aromatic rings. The van der Waals surface area contributed by atoms with Gasteiger partial charge in [-0.15, -0.1) is 6.04 Å². The summed E-state index contributed by atoms with van der Waals surface area (Å²) in [5.41, 5.74) is 4.37. The van der Waals surface area contributed by atoms with Crippen molar-refractivity contribution in [3.8, 4) is 0 Å². The van der Waals surface area contributed by atoms with E-state index in [1.54, 1.807) is 0 Å². The molecule has 0 radical (unpaired) electrons. The van der Waals surface area contributed by atoms with Crippen molar-refractivity contribution >= 4 is 5.78 Å². The van der Waals surface area contributed by atoms with E-state index in [2.05, 4.69) is 19.3 Å². The van der Waals surface area contributed by atoms with E-state index in [1.165, 1.54) is 0 Å². The third-order valence-corrected chi connectivity index (χ3v) is 6.30. The minimum atomic E-state index is 0. The number of ether oxygens (including phenoxy) is 2. The Balaban J connectivity index is 0.00000311. The molecule has 2 rings (SSSR count). The van der Waals surface area contributed by atoms with Gasteiger partial charge in [-0.25, -0.2) is 0 Å². The number of hydroxylamine groups is 1. The number of rotatable bonds is 13. The summed E-state index contributed by atoms with van der Waals surface area (Å²) in [6, 6.07) is 0.262. The average molecular weight is 625 g/mol. The zero-order valence-corrected chi connectivity index (χ0v) is 24.6. The maximum Gasteiger partial charge on any atom is 0.138 e. The molecule has 190 valence electrons. The van der Waals surface area contributed by atoms with Gasteiger partial charge in [0.2, 0.25) is 0 Å². The fraction of sp³-hybridized carbons (Fsp3) is 0.962. The number of carbonyl (C=O) groups excluding carboxylic acids is 1. The molecular formula is C26H50NO4W-. The third-order valence-electron chi connectivity index (χ3n) is 6.30. The van der Waals surface area contributed by atoms with Crippen LogP contribution in [0.3, 0.4) is 0 Å². The van der Waals surface area contributed by atoms with E-state index in [0.29, 0.717) is 30.5 Å². The van der Waals surface area contributed by atoms with Crippen molar-refractivity contribution < 1.29 is 40.2 Å². The molecule has 0 aliphatic heterocycles. The molecule has 0 amide bonds. The minimum Gasteiger partial charge on any atom is -0.532 e. The van der Waals surface area contributed by atoms with Crippen molar-refractivity contribution in [2.75, 3.05) is 19.8 Å². The zero-order valence-electron chi connectivity index (χ0n) is 21.6. The Morgan fingerprint density at radius 3 is 1.84 bits per heavy atom. The largest absolute Gasteiger partial charge is 0.532 e. The van der Waals surface area contributed by atoms with Crippen LogP contribution in [-0.2, 0) is 40.2 Å². The first-order valence-electron chi connectivity index (χ1n) is 13.0. The van der Waals surface area contributed by atoms with Gasteiger partial charge in [0.1, 0.15) is 5.78 Å². The summed E-state index contributed by atoms with van der Waals surface area (Å²) in [6.45, 7) is 14.7. The summed E-state index contributed by atoms with van der Waals surface area (Å²) in [4.78, 5) is 17.6. The number of hydrogen-bond donors (Lipinski definition) is 0. The quantitative estimate of drug-likeness (QED) is 0.166. The van der Waals surface area contributed by atoms with Crippen LogP contribution in [0.15, 0.2) is 0 Å². The number of ketones is 1. The summed E-state index contributed by atoms with van der Waals surface area (Å²) < 4.78 is 12.0. The van der Waals surface area contributed by atoms with Gasteiger partial charge in [0, 0.05) is 52.7 Å². The molecule has 0 aromatic carbocycles. The molecule has 0 bridgehead atoms. The SMILES string of the molecule is CC.CC(C)CCOC1CCC(OCCCO[N-]C2CCC(C(=O)C(C)C)CC2)CC1.[W]. The monoisotopic (exact) mass is 624 g/mol. The Kier molecular flexibility index (Phi) is 19.6. The van der Waals surface area contributed by atoms with Crippen molar-refractivity contribution in [1.82, 2.24) is 0 Å². The molecule has 0 saturated heterocycles. The van der Waals surface area contributed by atoms with Gasteiger partial charge < -0.3 is 19.8 Å². The summed E-state index contributed by atoms with van der Waals surface area (Å²) >= 11 is 0. The van der Waals surface area contributed by atoms with Crippen LogP contribution in [0.1, 0.15) is 106 Å². The molecule has 2 fully saturated rings. The standard InChI is InChI=1S/C24H44NO4.C2H6.W/c1-18(2)14-17-28-23-12-10-22(11-13-23)27-15-5-16-29-25-21-8-6-20(7-9-21)24(26)19(3)4;1-2;/h18-23H,5-17H2,1-4H3;1-2H3;/q-1;;. The molecule has 0 spiro atoms. The van der Waals surface area contributed by atoms with E-state index in [4.69, 9.17) is 14.3 Å². The van der Waals surface area contributed by atoms with Crippen molar-refractivity contribution in [3.05, 3.63) is 5.48 Å². The van der Waals surface area contributed by atoms with Gasteiger partial charge in [0.25, 0.3) is 0 Å². The molecule has 0 aromatic heterocycles. The fourth-order valence-electron chi connectivity index (χ4n) is 4.30. The predicted molar refractivity (Wildman–Crippen MR) is 128 cm³/mol. The van der Waals surface area contributed by atoms with Crippen LogP contribution in [0.4, 0.5) is 0 Å². The molecule has 5 nitrogen and oxygen atoms in total. The number of nitrogens with zero attached hydrogens (tertiary/aromatic N) is 1. The second kappa shape index (κ2) is 19.5. The predicted octanol–water partition coefficient (Wildman–Crippen LogP) is 6.88. The number of hydrogen-bond acceptors (Lipinski definition) is 4. The zero-order chi connectivity index (χ0) is 23.1. The van der Waals surface area contributed by atoms with Gasteiger partial charge in [-0.1, -0.05) is 54.4 Å². The second-order valence-electron chi connectivity index (χ2n) is 9.68. The Labute approximate surface area is 212 Å². The van der Waals surface area contributed by atoms with E-state index in [0.717, 1.165) is 77.4 Å². The van der Waals surface area contributed by atoms with E-state index in [9.17, 15) is 4.79 Å². The minimum absolute atomic E-state index is 0. The maximum absolute atomic E-state index is 12.1. The smallest absolute Gasteiger partial charge is 0.138 e. The van der Waals surface area contributed by atoms with E-state index >= 15 is 0 Å². The Bertz CT molecular complexity index is 445. The molecule has 0 unspecified atom stereocenters. The average Bonchev–Trinajstić information content (AvgIpc) is 2.78. The maximum atomic E-state index is 12.1. The third kappa shape index (κ3) is 13.8. The van der Waals surface area contributed by atoms with E-state index in [1.807, 2.05) is 27.7 Å². The molecule has 2 saturated carbocycles. The van der Waals surface area contributed by atoms with Crippen molar-refractivity contribution in [2.24, 2.45) is 17.8 Å². The van der Waals surface area contributed by atoms with Gasteiger partial charge in [-0.2, -0.15) is 0 Å². The van der Waals surface area contributed by atoms with Crippen molar-refractivity contribution in [2.45, 2.75) is 124 Å².